The molecule has 134 valence electrons. The lowest BCUT2D eigenvalue weighted by Crippen LogP contribution is -2.40. The summed E-state index contributed by atoms with van der Waals surface area (Å²) in [5.41, 5.74) is 3.13. The van der Waals surface area contributed by atoms with E-state index in [1.165, 1.54) is 5.56 Å². The third kappa shape index (κ3) is 3.67. The molecule has 0 spiro atoms. The van der Waals surface area contributed by atoms with Crippen molar-refractivity contribution < 1.29 is 14.4 Å². The van der Waals surface area contributed by atoms with Gasteiger partial charge in [0.1, 0.15) is 6.54 Å². The molecule has 0 atom stereocenters. The van der Waals surface area contributed by atoms with Crippen molar-refractivity contribution >= 4 is 17.7 Å². The molecule has 3 rings (SSSR count). The molecule has 0 unspecified atom stereocenters. The fraction of sp³-hybridized carbons (Fsp3) is 0.286. The van der Waals surface area contributed by atoms with Crippen molar-refractivity contribution in [2.24, 2.45) is 0 Å². The highest BCUT2D eigenvalue weighted by atomic mass is 16.2. The van der Waals surface area contributed by atoms with Crippen LogP contribution in [0.4, 0.5) is 0 Å². The lowest BCUT2D eigenvalue weighted by atomic mass is 10.0. The second kappa shape index (κ2) is 7.52. The Morgan fingerprint density at radius 3 is 2.08 bits per heavy atom. The normalized spacial score (nSPS) is 13.3. The first kappa shape index (κ1) is 17.9. The average Bonchev–Trinajstić information content (AvgIpc) is 2.87. The van der Waals surface area contributed by atoms with Gasteiger partial charge in [-0.3, -0.25) is 19.3 Å². The summed E-state index contributed by atoms with van der Waals surface area (Å²) in [4.78, 5) is 37.6. The molecule has 0 saturated carbocycles. The van der Waals surface area contributed by atoms with Crippen LogP contribution in [0.15, 0.2) is 48.5 Å². The van der Waals surface area contributed by atoms with Gasteiger partial charge in [-0.1, -0.05) is 50.2 Å². The van der Waals surface area contributed by atoms with Crippen LogP contribution in [0, 0.1) is 0 Å². The van der Waals surface area contributed by atoms with Gasteiger partial charge in [-0.2, -0.15) is 0 Å². The summed E-state index contributed by atoms with van der Waals surface area (Å²) in [5.74, 6) is -0.670. The number of benzene rings is 2. The van der Waals surface area contributed by atoms with Gasteiger partial charge in [0, 0.05) is 6.54 Å². The van der Waals surface area contributed by atoms with E-state index in [9.17, 15) is 14.4 Å². The predicted molar refractivity (Wildman–Crippen MR) is 99.1 cm³/mol. The highest BCUT2D eigenvalue weighted by Gasteiger charge is 2.36. The van der Waals surface area contributed by atoms with E-state index in [4.69, 9.17) is 0 Å². The van der Waals surface area contributed by atoms with Crippen molar-refractivity contribution in [3.63, 3.8) is 0 Å². The molecule has 0 radical (unpaired) electrons. The van der Waals surface area contributed by atoms with Gasteiger partial charge in [0.05, 0.1) is 11.1 Å². The van der Waals surface area contributed by atoms with Gasteiger partial charge in [-0.05, 0) is 35.6 Å². The van der Waals surface area contributed by atoms with E-state index in [0.29, 0.717) is 30.0 Å². The number of nitrogens with zero attached hydrogens (tertiary/aromatic N) is 1. The minimum atomic E-state index is -0.412. The summed E-state index contributed by atoms with van der Waals surface area (Å²) in [6.45, 7) is 4.50. The molecular weight excluding hydrogens is 328 g/mol. The quantitative estimate of drug-likeness (QED) is 0.815. The molecule has 2 aromatic rings. The van der Waals surface area contributed by atoms with Gasteiger partial charge in [0.25, 0.3) is 11.8 Å². The summed E-state index contributed by atoms with van der Waals surface area (Å²) < 4.78 is 0. The third-order valence-electron chi connectivity index (χ3n) is 4.56. The molecule has 0 aliphatic carbocycles. The zero-order valence-electron chi connectivity index (χ0n) is 15.0. The first-order valence-electron chi connectivity index (χ1n) is 8.78. The Morgan fingerprint density at radius 1 is 0.962 bits per heavy atom. The minimum absolute atomic E-state index is 0.251. The molecule has 26 heavy (non-hydrogen) atoms. The van der Waals surface area contributed by atoms with E-state index in [1.54, 1.807) is 24.3 Å². The molecule has 1 aliphatic heterocycles. The number of rotatable bonds is 6. The molecule has 0 saturated heterocycles. The maximum Gasteiger partial charge on any atom is 0.262 e. The van der Waals surface area contributed by atoms with Crippen LogP contribution in [0.3, 0.4) is 0 Å². The second-order valence-corrected chi connectivity index (χ2v) is 6.74. The van der Waals surface area contributed by atoms with Crippen molar-refractivity contribution in [2.75, 3.05) is 13.1 Å². The molecule has 1 N–H and O–H groups in total. The second-order valence-electron chi connectivity index (χ2n) is 6.74. The summed E-state index contributed by atoms with van der Waals surface area (Å²) in [7, 11) is 0. The van der Waals surface area contributed by atoms with Gasteiger partial charge in [-0.15, -0.1) is 0 Å². The van der Waals surface area contributed by atoms with Crippen LogP contribution in [0.1, 0.15) is 51.6 Å². The van der Waals surface area contributed by atoms with Crippen LogP contribution in [0.25, 0.3) is 0 Å². The van der Waals surface area contributed by atoms with E-state index in [1.807, 2.05) is 0 Å². The zero-order chi connectivity index (χ0) is 18.7. The lowest BCUT2D eigenvalue weighted by molar-refractivity contribution is -0.121. The molecule has 5 heteroatoms. The van der Waals surface area contributed by atoms with E-state index in [2.05, 4.69) is 43.4 Å². The number of imide groups is 1. The van der Waals surface area contributed by atoms with Gasteiger partial charge in [0.2, 0.25) is 5.91 Å². The molecule has 3 amide bonds. The highest BCUT2D eigenvalue weighted by Crippen LogP contribution is 2.21. The Balaban J connectivity index is 1.51. The van der Waals surface area contributed by atoms with E-state index in [-0.39, 0.29) is 12.5 Å². The predicted octanol–water partition coefficient (Wildman–Crippen LogP) is 2.76. The number of hydrogen-bond donors (Lipinski definition) is 1. The molecule has 2 aromatic carbocycles. The van der Waals surface area contributed by atoms with E-state index < -0.39 is 11.8 Å². The monoisotopic (exact) mass is 350 g/mol. The van der Waals surface area contributed by atoms with Gasteiger partial charge < -0.3 is 5.32 Å². The van der Waals surface area contributed by atoms with Crippen LogP contribution >= 0.6 is 0 Å². The smallest absolute Gasteiger partial charge is 0.262 e. The highest BCUT2D eigenvalue weighted by molar-refractivity contribution is 6.22. The third-order valence-corrected chi connectivity index (χ3v) is 4.56. The van der Waals surface area contributed by atoms with Gasteiger partial charge in [-0.25, -0.2) is 0 Å². The molecule has 0 bridgehead atoms. The van der Waals surface area contributed by atoms with Crippen LogP contribution in [-0.4, -0.2) is 35.7 Å². The molecule has 1 aliphatic rings. The van der Waals surface area contributed by atoms with Crippen molar-refractivity contribution in [2.45, 2.75) is 26.2 Å². The SMILES string of the molecule is CC(C)c1ccc(CCNC(=O)CN2C(=O)c3ccccc3C2=O)cc1. The number of fused-ring (bicyclic) bond motifs is 1. The van der Waals surface area contributed by atoms with Crippen LogP contribution in [-0.2, 0) is 11.2 Å². The summed E-state index contributed by atoms with van der Waals surface area (Å²) in [6, 6.07) is 14.9. The van der Waals surface area contributed by atoms with Crippen molar-refractivity contribution in [1.29, 1.82) is 0 Å². The van der Waals surface area contributed by atoms with Crippen LogP contribution < -0.4 is 5.32 Å². The molecular formula is C21H22N2O3. The number of hydrogen-bond acceptors (Lipinski definition) is 3. The number of nitrogens with one attached hydrogen (secondary N) is 1. The Morgan fingerprint density at radius 2 is 1.54 bits per heavy atom. The summed E-state index contributed by atoms with van der Waals surface area (Å²) in [5, 5.41) is 2.78. The van der Waals surface area contributed by atoms with Gasteiger partial charge in [0.15, 0.2) is 0 Å². The molecule has 5 nitrogen and oxygen atoms in total. The Kier molecular flexibility index (Phi) is 5.16. The number of carbonyl (C=O) groups excluding carboxylic acids is 3. The average molecular weight is 350 g/mol. The fourth-order valence-electron chi connectivity index (χ4n) is 3.00. The first-order chi connectivity index (χ1) is 12.5. The van der Waals surface area contributed by atoms with Crippen LogP contribution in [0.2, 0.25) is 0 Å². The Labute approximate surface area is 153 Å². The van der Waals surface area contributed by atoms with Crippen molar-refractivity contribution in [3.8, 4) is 0 Å². The largest absolute Gasteiger partial charge is 0.354 e. The van der Waals surface area contributed by atoms with Crippen molar-refractivity contribution in [1.82, 2.24) is 10.2 Å². The van der Waals surface area contributed by atoms with Crippen LogP contribution in [0.5, 0.6) is 0 Å². The Bertz CT molecular complexity index is 806. The van der Waals surface area contributed by atoms with Gasteiger partial charge >= 0.3 is 0 Å². The minimum Gasteiger partial charge on any atom is -0.354 e. The Hall–Kier alpha value is -2.95. The number of amides is 3. The topological polar surface area (TPSA) is 66.5 Å². The maximum absolute atomic E-state index is 12.2. The fourth-order valence-corrected chi connectivity index (χ4v) is 3.00. The molecule has 1 heterocycles. The molecule has 0 fully saturated rings. The molecule has 0 aromatic heterocycles. The summed E-state index contributed by atoms with van der Waals surface area (Å²) in [6.07, 6.45) is 0.701. The zero-order valence-corrected chi connectivity index (χ0v) is 15.0. The lowest BCUT2D eigenvalue weighted by Gasteiger charge is -2.13. The summed E-state index contributed by atoms with van der Waals surface area (Å²) >= 11 is 0. The number of carbonyl (C=O) groups is 3. The van der Waals surface area contributed by atoms with E-state index >= 15 is 0 Å². The van der Waals surface area contributed by atoms with E-state index in [0.717, 1.165) is 10.5 Å². The van der Waals surface area contributed by atoms with Crippen molar-refractivity contribution in [3.05, 3.63) is 70.8 Å². The maximum atomic E-state index is 12.2. The standard InChI is InChI=1S/C21H22N2O3/c1-14(2)16-9-7-15(8-10-16)11-12-22-19(24)13-23-20(25)17-5-3-4-6-18(17)21(23)26/h3-10,14H,11-13H2,1-2H3,(H,22,24). The first-order valence-corrected chi connectivity index (χ1v) is 8.78.